The highest BCUT2D eigenvalue weighted by Crippen LogP contribution is 2.39. The molecule has 3 rings (SSSR count). The lowest BCUT2D eigenvalue weighted by Crippen LogP contribution is -2.27. The SMILES string of the molecule is CCOC(=O)c1[nH]ncc1[C@H]1CC(=O)Nc2n[nH]c(C(=O)NC)c21. The first kappa shape index (κ1) is 15.7. The lowest BCUT2D eigenvalue weighted by molar-refractivity contribution is -0.116. The quantitative estimate of drug-likeness (QED) is 0.587. The maximum absolute atomic E-state index is 12.1. The zero-order valence-corrected chi connectivity index (χ0v) is 13.1. The standard InChI is InChI=1S/C14H16N6O4/c1-3-24-14(23)10-7(5-16-18-10)6-4-8(21)17-12-9(6)11(19-20-12)13(22)15-2/h5-6H,3-4H2,1-2H3,(H,15,22)(H,16,18)(H2,17,19,20,21)/t6-/m1/s1. The number of carbonyl (C=O) groups excluding carboxylic acids is 3. The molecular formula is C14H16N6O4. The van der Waals surface area contributed by atoms with Crippen LogP contribution in [0.5, 0.6) is 0 Å². The van der Waals surface area contributed by atoms with Crippen LogP contribution in [0.4, 0.5) is 5.82 Å². The van der Waals surface area contributed by atoms with Gasteiger partial charge in [-0.05, 0) is 6.92 Å². The highest BCUT2D eigenvalue weighted by Gasteiger charge is 2.36. The van der Waals surface area contributed by atoms with Crippen LogP contribution in [0.2, 0.25) is 0 Å². The number of aromatic nitrogens is 4. The number of nitrogens with zero attached hydrogens (tertiary/aromatic N) is 2. The molecule has 1 aliphatic rings. The van der Waals surface area contributed by atoms with Crippen molar-refractivity contribution in [1.82, 2.24) is 25.7 Å². The Balaban J connectivity index is 2.09. The molecule has 0 spiro atoms. The summed E-state index contributed by atoms with van der Waals surface area (Å²) in [5.74, 6) is -1.48. The summed E-state index contributed by atoms with van der Waals surface area (Å²) in [6.07, 6.45) is 1.52. The Morgan fingerprint density at radius 1 is 1.38 bits per heavy atom. The average molecular weight is 332 g/mol. The van der Waals surface area contributed by atoms with Gasteiger partial charge in [0.25, 0.3) is 5.91 Å². The number of anilines is 1. The Morgan fingerprint density at radius 2 is 2.17 bits per heavy atom. The molecule has 0 saturated carbocycles. The average Bonchev–Trinajstić information content (AvgIpc) is 3.20. The van der Waals surface area contributed by atoms with Gasteiger partial charge in [-0.2, -0.15) is 10.2 Å². The fraction of sp³-hybridized carbons (Fsp3) is 0.357. The van der Waals surface area contributed by atoms with Crippen molar-refractivity contribution >= 4 is 23.6 Å². The topological polar surface area (TPSA) is 142 Å². The summed E-state index contributed by atoms with van der Waals surface area (Å²) >= 11 is 0. The van der Waals surface area contributed by atoms with Crippen LogP contribution in [0.25, 0.3) is 0 Å². The minimum absolute atomic E-state index is 0.0580. The van der Waals surface area contributed by atoms with Crippen molar-refractivity contribution in [3.8, 4) is 0 Å². The number of carbonyl (C=O) groups is 3. The van der Waals surface area contributed by atoms with Crippen molar-refractivity contribution in [3.05, 3.63) is 28.7 Å². The molecule has 1 atom stereocenters. The number of hydrogen-bond donors (Lipinski definition) is 4. The van der Waals surface area contributed by atoms with Gasteiger partial charge in [0, 0.05) is 30.5 Å². The molecule has 24 heavy (non-hydrogen) atoms. The number of esters is 1. The lowest BCUT2D eigenvalue weighted by Gasteiger charge is -2.22. The predicted octanol–water partition coefficient (Wildman–Crippen LogP) is 0.143. The van der Waals surface area contributed by atoms with Crippen LogP contribution in [-0.4, -0.2) is 51.8 Å². The third-order valence-corrected chi connectivity index (χ3v) is 3.78. The minimum Gasteiger partial charge on any atom is -0.461 e. The maximum atomic E-state index is 12.1. The van der Waals surface area contributed by atoms with Crippen LogP contribution in [-0.2, 0) is 9.53 Å². The minimum atomic E-state index is -0.567. The fourth-order valence-electron chi connectivity index (χ4n) is 2.75. The van der Waals surface area contributed by atoms with Gasteiger partial charge in [0.2, 0.25) is 5.91 Å². The molecule has 10 nitrogen and oxygen atoms in total. The summed E-state index contributed by atoms with van der Waals surface area (Å²) in [6.45, 7) is 1.91. The van der Waals surface area contributed by atoms with Gasteiger partial charge in [-0.1, -0.05) is 0 Å². The first-order valence-electron chi connectivity index (χ1n) is 7.37. The Kier molecular flexibility index (Phi) is 4.02. The zero-order chi connectivity index (χ0) is 17.3. The molecule has 0 aromatic carbocycles. The molecule has 2 aromatic rings. The van der Waals surface area contributed by atoms with Crippen molar-refractivity contribution in [2.24, 2.45) is 0 Å². The number of aromatic amines is 2. The second-order valence-electron chi connectivity index (χ2n) is 5.17. The van der Waals surface area contributed by atoms with Gasteiger partial charge in [-0.3, -0.25) is 19.8 Å². The highest BCUT2D eigenvalue weighted by molar-refractivity contribution is 6.01. The van der Waals surface area contributed by atoms with Gasteiger partial charge in [-0.15, -0.1) is 0 Å². The number of fused-ring (bicyclic) bond motifs is 1. The molecular weight excluding hydrogens is 316 g/mol. The number of ether oxygens (including phenoxy) is 1. The molecule has 2 amide bonds. The van der Waals surface area contributed by atoms with Crippen LogP contribution < -0.4 is 10.6 Å². The van der Waals surface area contributed by atoms with Crippen LogP contribution >= 0.6 is 0 Å². The number of nitrogens with one attached hydrogen (secondary N) is 4. The van der Waals surface area contributed by atoms with Crippen molar-refractivity contribution in [3.63, 3.8) is 0 Å². The van der Waals surface area contributed by atoms with Crippen LogP contribution in [0.3, 0.4) is 0 Å². The molecule has 0 unspecified atom stereocenters. The van der Waals surface area contributed by atoms with E-state index < -0.39 is 11.9 Å². The number of hydrogen-bond acceptors (Lipinski definition) is 6. The van der Waals surface area contributed by atoms with E-state index in [0.717, 1.165) is 0 Å². The normalized spacial score (nSPS) is 16.2. The Labute approximate surface area is 136 Å². The zero-order valence-electron chi connectivity index (χ0n) is 13.1. The molecule has 0 saturated heterocycles. The summed E-state index contributed by atoms with van der Waals surface area (Å²) in [5, 5.41) is 18.2. The summed E-state index contributed by atoms with van der Waals surface area (Å²) in [5.41, 5.74) is 1.39. The number of amides is 2. The molecule has 0 radical (unpaired) electrons. The molecule has 126 valence electrons. The fourth-order valence-corrected chi connectivity index (χ4v) is 2.75. The molecule has 0 bridgehead atoms. The monoisotopic (exact) mass is 332 g/mol. The summed E-state index contributed by atoms with van der Waals surface area (Å²) in [7, 11) is 1.49. The third kappa shape index (κ3) is 2.51. The van der Waals surface area contributed by atoms with E-state index in [9.17, 15) is 14.4 Å². The summed E-state index contributed by atoms with van der Waals surface area (Å²) in [4.78, 5) is 36.1. The van der Waals surface area contributed by atoms with Gasteiger partial charge in [-0.25, -0.2) is 4.79 Å². The van der Waals surface area contributed by atoms with Crippen LogP contribution in [0, 0.1) is 0 Å². The Bertz CT molecular complexity index is 808. The van der Waals surface area contributed by atoms with Crippen LogP contribution in [0.15, 0.2) is 6.20 Å². The lowest BCUT2D eigenvalue weighted by atomic mass is 9.85. The van der Waals surface area contributed by atoms with Crippen molar-refractivity contribution in [2.75, 3.05) is 19.0 Å². The smallest absolute Gasteiger partial charge is 0.356 e. The summed E-state index contributed by atoms with van der Waals surface area (Å²) < 4.78 is 5.00. The van der Waals surface area contributed by atoms with E-state index in [-0.39, 0.29) is 42.0 Å². The molecule has 10 heteroatoms. The second-order valence-corrected chi connectivity index (χ2v) is 5.17. The van der Waals surface area contributed by atoms with Gasteiger partial charge in [0.1, 0.15) is 11.4 Å². The van der Waals surface area contributed by atoms with E-state index in [4.69, 9.17) is 4.74 Å². The van der Waals surface area contributed by atoms with E-state index in [1.807, 2.05) is 0 Å². The van der Waals surface area contributed by atoms with Gasteiger partial charge >= 0.3 is 5.97 Å². The van der Waals surface area contributed by atoms with E-state index in [2.05, 4.69) is 31.0 Å². The third-order valence-electron chi connectivity index (χ3n) is 3.78. The van der Waals surface area contributed by atoms with Crippen molar-refractivity contribution < 1.29 is 19.1 Å². The van der Waals surface area contributed by atoms with Gasteiger partial charge in [0.05, 0.1) is 12.8 Å². The van der Waals surface area contributed by atoms with Crippen molar-refractivity contribution in [1.29, 1.82) is 0 Å². The van der Waals surface area contributed by atoms with E-state index in [1.165, 1.54) is 13.2 Å². The molecule has 1 aliphatic heterocycles. The molecule has 0 fully saturated rings. The Hall–Kier alpha value is -3.17. The largest absolute Gasteiger partial charge is 0.461 e. The van der Waals surface area contributed by atoms with Gasteiger partial charge < -0.3 is 15.4 Å². The second kappa shape index (κ2) is 6.14. The maximum Gasteiger partial charge on any atom is 0.356 e. The van der Waals surface area contributed by atoms with E-state index >= 15 is 0 Å². The van der Waals surface area contributed by atoms with Gasteiger partial charge in [0.15, 0.2) is 5.82 Å². The van der Waals surface area contributed by atoms with Crippen LogP contribution in [0.1, 0.15) is 51.4 Å². The summed E-state index contributed by atoms with van der Waals surface area (Å²) in [6, 6.07) is 0. The molecule has 4 N–H and O–H groups in total. The number of H-pyrrole nitrogens is 2. The molecule has 2 aromatic heterocycles. The highest BCUT2D eigenvalue weighted by atomic mass is 16.5. The first-order chi connectivity index (χ1) is 11.6. The van der Waals surface area contributed by atoms with E-state index in [0.29, 0.717) is 11.1 Å². The molecule has 3 heterocycles. The predicted molar refractivity (Wildman–Crippen MR) is 81.6 cm³/mol. The first-order valence-corrected chi connectivity index (χ1v) is 7.37. The Morgan fingerprint density at radius 3 is 2.88 bits per heavy atom. The number of rotatable bonds is 4. The molecule has 0 aliphatic carbocycles. The van der Waals surface area contributed by atoms with E-state index in [1.54, 1.807) is 6.92 Å². The van der Waals surface area contributed by atoms with Crippen molar-refractivity contribution in [2.45, 2.75) is 19.3 Å².